The molecule has 0 saturated carbocycles. The summed E-state index contributed by atoms with van der Waals surface area (Å²) in [6.45, 7) is 1.42. The molecule has 0 aliphatic rings. The Morgan fingerprint density at radius 3 is 3.00 bits per heavy atom. The van der Waals surface area contributed by atoms with Gasteiger partial charge in [-0.1, -0.05) is 6.07 Å². The molecule has 0 aromatic carbocycles. The van der Waals surface area contributed by atoms with Gasteiger partial charge in [0.2, 0.25) is 5.91 Å². The summed E-state index contributed by atoms with van der Waals surface area (Å²) in [5.41, 5.74) is 1.06. The maximum atomic E-state index is 11.6. The van der Waals surface area contributed by atoms with E-state index in [0.717, 1.165) is 31.5 Å². The molecule has 0 fully saturated rings. The highest BCUT2D eigenvalue weighted by Crippen LogP contribution is 1.98. The molecule has 1 amide bonds. The van der Waals surface area contributed by atoms with Gasteiger partial charge in [0, 0.05) is 31.4 Å². The molecule has 6 nitrogen and oxygen atoms in total. The van der Waals surface area contributed by atoms with E-state index in [-0.39, 0.29) is 5.91 Å². The number of hydrogen-bond acceptors (Lipinski definition) is 4. The molecule has 2 aromatic rings. The number of nitrogens with one attached hydrogen (secondary N) is 1. The molecule has 20 heavy (non-hydrogen) atoms. The number of pyridine rings is 1. The normalized spacial score (nSPS) is 10.4. The van der Waals surface area contributed by atoms with Gasteiger partial charge in [-0.25, -0.2) is 4.98 Å². The van der Waals surface area contributed by atoms with Gasteiger partial charge in [-0.15, -0.1) is 0 Å². The zero-order chi connectivity index (χ0) is 14.0. The molecule has 0 radical (unpaired) electrons. The first-order valence-electron chi connectivity index (χ1n) is 6.83. The predicted molar refractivity (Wildman–Crippen MR) is 74.8 cm³/mol. The van der Waals surface area contributed by atoms with Crippen LogP contribution in [0.5, 0.6) is 0 Å². The molecular formula is C14H19N5O. The lowest BCUT2D eigenvalue weighted by molar-refractivity contribution is -0.121. The van der Waals surface area contributed by atoms with Crippen molar-refractivity contribution in [2.45, 2.75) is 32.2 Å². The number of hydrogen-bond donors (Lipinski definition) is 1. The Balaban J connectivity index is 1.52. The third-order valence-electron chi connectivity index (χ3n) is 2.92. The molecule has 106 valence electrons. The summed E-state index contributed by atoms with van der Waals surface area (Å²) >= 11 is 0. The number of amides is 1. The lowest BCUT2D eigenvalue weighted by Crippen LogP contribution is -2.24. The van der Waals surface area contributed by atoms with E-state index < -0.39 is 0 Å². The minimum Gasteiger partial charge on any atom is -0.356 e. The van der Waals surface area contributed by atoms with E-state index in [4.69, 9.17) is 0 Å². The smallest absolute Gasteiger partial charge is 0.220 e. The molecule has 2 aromatic heterocycles. The number of aryl methyl sites for hydroxylation is 2. The van der Waals surface area contributed by atoms with Crippen molar-refractivity contribution in [3.8, 4) is 0 Å². The van der Waals surface area contributed by atoms with Crippen LogP contribution in [0.1, 0.15) is 25.0 Å². The van der Waals surface area contributed by atoms with Crippen molar-refractivity contribution in [2.24, 2.45) is 0 Å². The Labute approximate surface area is 118 Å². The fourth-order valence-corrected chi connectivity index (χ4v) is 1.88. The molecule has 0 spiro atoms. The topological polar surface area (TPSA) is 72.7 Å². The van der Waals surface area contributed by atoms with Gasteiger partial charge in [-0.3, -0.25) is 14.5 Å². The van der Waals surface area contributed by atoms with Gasteiger partial charge in [-0.05, 0) is 31.4 Å². The molecular weight excluding hydrogens is 254 g/mol. The van der Waals surface area contributed by atoms with Crippen molar-refractivity contribution in [2.75, 3.05) is 6.54 Å². The van der Waals surface area contributed by atoms with E-state index in [1.54, 1.807) is 17.2 Å². The molecule has 0 aliphatic carbocycles. The molecule has 0 saturated heterocycles. The van der Waals surface area contributed by atoms with Crippen molar-refractivity contribution >= 4 is 5.91 Å². The maximum absolute atomic E-state index is 11.6. The van der Waals surface area contributed by atoms with Crippen LogP contribution < -0.4 is 5.32 Å². The molecule has 1 N–H and O–H groups in total. The monoisotopic (exact) mass is 273 g/mol. The van der Waals surface area contributed by atoms with Gasteiger partial charge in [0.05, 0.1) is 0 Å². The molecule has 0 atom stereocenters. The van der Waals surface area contributed by atoms with E-state index in [1.165, 1.54) is 6.33 Å². The average molecular weight is 273 g/mol. The third kappa shape index (κ3) is 5.17. The molecule has 2 heterocycles. The zero-order valence-corrected chi connectivity index (χ0v) is 11.4. The van der Waals surface area contributed by atoms with Crippen LogP contribution in [-0.2, 0) is 17.8 Å². The second-order valence-corrected chi connectivity index (χ2v) is 4.54. The van der Waals surface area contributed by atoms with Crippen LogP contribution in [0.3, 0.4) is 0 Å². The summed E-state index contributed by atoms with van der Waals surface area (Å²) in [6, 6.07) is 5.88. The number of carbonyl (C=O) groups is 1. The SMILES string of the molecule is O=C(CCCn1cncn1)NCCCc1ccccn1. The van der Waals surface area contributed by atoms with Gasteiger partial charge < -0.3 is 5.32 Å². The summed E-state index contributed by atoms with van der Waals surface area (Å²) in [4.78, 5) is 19.7. The minimum atomic E-state index is 0.0890. The highest BCUT2D eigenvalue weighted by Gasteiger charge is 2.01. The molecule has 0 unspecified atom stereocenters. The lowest BCUT2D eigenvalue weighted by Gasteiger charge is -2.05. The second kappa shape index (κ2) is 8.04. The van der Waals surface area contributed by atoms with Gasteiger partial charge in [0.25, 0.3) is 0 Å². The Hall–Kier alpha value is -2.24. The molecule has 0 bridgehead atoms. The van der Waals surface area contributed by atoms with Crippen LogP contribution in [0.25, 0.3) is 0 Å². The van der Waals surface area contributed by atoms with E-state index >= 15 is 0 Å². The first-order valence-corrected chi connectivity index (χ1v) is 6.83. The van der Waals surface area contributed by atoms with Gasteiger partial charge in [0.15, 0.2) is 0 Å². The Morgan fingerprint density at radius 2 is 2.25 bits per heavy atom. The van der Waals surface area contributed by atoms with Crippen molar-refractivity contribution in [3.63, 3.8) is 0 Å². The quantitative estimate of drug-likeness (QED) is 0.734. The Bertz CT molecular complexity index is 498. The van der Waals surface area contributed by atoms with E-state index in [1.807, 2.05) is 18.2 Å². The number of aromatic nitrogens is 4. The third-order valence-corrected chi connectivity index (χ3v) is 2.92. The fraction of sp³-hybridized carbons (Fsp3) is 0.429. The molecule has 6 heteroatoms. The number of nitrogens with zero attached hydrogens (tertiary/aromatic N) is 4. The summed E-state index contributed by atoms with van der Waals surface area (Å²) < 4.78 is 1.73. The van der Waals surface area contributed by atoms with Crippen LogP contribution in [0.15, 0.2) is 37.1 Å². The van der Waals surface area contributed by atoms with Crippen LogP contribution in [0.2, 0.25) is 0 Å². The lowest BCUT2D eigenvalue weighted by atomic mass is 10.2. The zero-order valence-electron chi connectivity index (χ0n) is 11.4. The van der Waals surface area contributed by atoms with Crippen molar-refractivity contribution < 1.29 is 4.79 Å². The summed E-state index contributed by atoms with van der Waals surface area (Å²) in [5, 5.41) is 6.91. The first kappa shape index (κ1) is 14.2. The minimum absolute atomic E-state index is 0.0890. The summed E-state index contributed by atoms with van der Waals surface area (Å²) in [7, 11) is 0. The largest absolute Gasteiger partial charge is 0.356 e. The van der Waals surface area contributed by atoms with Crippen molar-refractivity contribution in [3.05, 3.63) is 42.7 Å². The summed E-state index contributed by atoms with van der Waals surface area (Å²) in [5.74, 6) is 0.0890. The van der Waals surface area contributed by atoms with Crippen LogP contribution >= 0.6 is 0 Å². The van der Waals surface area contributed by atoms with Crippen LogP contribution in [0, 0.1) is 0 Å². The van der Waals surface area contributed by atoms with Gasteiger partial charge >= 0.3 is 0 Å². The first-order chi connectivity index (χ1) is 9.84. The van der Waals surface area contributed by atoms with Crippen LogP contribution in [0.4, 0.5) is 0 Å². The Morgan fingerprint density at radius 1 is 1.30 bits per heavy atom. The highest BCUT2D eigenvalue weighted by atomic mass is 16.1. The second-order valence-electron chi connectivity index (χ2n) is 4.54. The van der Waals surface area contributed by atoms with E-state index in [0.29, 0.717) is 13.0 Å². The average Bonchev–Trinajstić information content (AvgIpc) is 2.98. The predicted octanol–water partition coefficient (Wildman–Crippen LogP) is 1.20. The summed E-state index contributed by atoms with van der Waals surface area (Å²) in [6.07, 6.45) is 8.03. The van der Waals surface area contributed by atoms with E-state index in [9.17, 15) is 4.79 Å². The number of carbonyl (C=O) groups excluding carboxylic acids is 1. The van der Waals surface area contributed by atoms with Crippen molar-refractivity contribution in [1.82, 2.24) is 25.1 Å². The van der Waals surface area contributed by atoms with Gasteiger partial charge in [-0.2, -0.15) is 5.10 Å². The standard InChI is InChI=1S/C14H19N5O/c20-14(7-4-10-19-12-15-11-18-19)17-9-3-6-13-5-1-2-8-16-13/h1-2,5,8,11-12H,3-4,6-7,9-10H2,(H,17,20). The fourth-order valence-electron chi connectivity index (χ4n) is 1.88. The number of rotatable bonds is 8. The molecule has 2 rings (SSSR count). The van der Waals surface area contributed by atoms with Crippen molar-refractivity contribution in [1.29, 1.82) is 0 Å². The van der Waals surface area contributed by atoms with Crippen LogP contribution in [-0.4, -0.2) is 32.2 Å². The van der Waals surface area contributed by atoms with E-state index in [2.05, 4.69) is 20.4 Å². The highest BCUT2D eigenvalue weighted by molar-refractivity contribution is 5.75. The Kier molecular flexibility index (Phi) is 5.70. The maximum Gasteiger partial charge on any atom is 0.220 e. The molecule has 0 aliphatic heterocycles. The van der Waals surface area contributed by atoms with Gasteiger partial charge in [0.1, 0.15) is 12.7 Å².